The van der Waals surface area contributed by atoms with Crippen LogP contribution in [0.15, 0.2) is 36.7 Å². The number of nitrogens with two attached hydrogens (primary N) is 1. The van der Waals surface area contributed by atoms with E-state index >= 15 is 0 Å². The maximum Gasteiger partial charge on any atom is 0.255 e. The lowest BCUT2D eigenvalue weighted by Crippen LogP contribution is -2.58. The summed E-state index contributed by atoms with van der Waals surface area (Å²) in [5.74, 6) is 0.0541. The number of pyridine rings is 1. The smallest absolute Gasteiger partial charge is 0.255 e. The summed E-state index contributed by atoms with van der Waals surface area (Å²) in [7, 11) is 0. The summed E-state index contributed by atoms with van der Waals surface area (Å²) in [5, 5.41) is 19.8. The van der Waals surface area contributed by atoms with E-state index < -0.39 is 5.60 Å². The van der Waals surface area contributed by atoms with Crippen LogP contribution in [0.3, 0.4) is 0 Å². The second-order valence-corrected chi connectivity index (χ2v) is 12.3. The molecule has 8 rings (SSSR count). The molecule has 9 nitrogen and oxygen atoms in total. The maximum absolute atomic E-state index is 13.4. The van der Waals surface area contributed by atoms with Gasteiger partial charge in [-0.2, -0.15) is 5.10 Å². The van der Waals surface area contributed by atoms with Gasteiger partial charge in [-0.25, -0.2) is 4.98 Å². The fourth-order valence-electron chi connectivity index (χ4n) is 7.25. The summed E-state index contributed by atoms with van der Waals surface area (Å²) >= 11 is 0. The molecule has 4 N–H and O–H groups in total. The molecule has 2 aliphatic heterocycles. The number of anilines is 1. The van der Waals surface area contributed by atoms with E-state index in [1.54, 1.807) is 6.20 Å². The molecule has 2 bridgehead atoms. The normalized spacial score (nSPS) is 29.7. The molecule has 0 unspecified atom stereocenters. The molecule has 39 heavy (non-hydrogen) atoms. The van der Waals surface area contributed by atoms with Gasteiger partial charge in [0, 0.05) is 61.2 Å². The molecule has 1 aromatic carbocycles. The van der Waals surface area contributed by atoms with Crippen LogP contribution >= 0.6 is 0 Å². The number of hydrogen-bond donors (Lipinski definition) is 3. The molecule has 5 fully saturated rings. The third kappa shape index (κ3) is 4.70. The molecule has 2 aromatic heterocycles. The predicted octanol–water partition coefficient (Wildman–Crippen LogP) is 3.67. The van der Waals surface area contributed by atoms with Gasteiger partial charge >= 0.3 is 0 Å². The highest BCUT2D eigenvalue weighted by Crippen LogP contribution is 2.47. The lowest BCUT2D eigenvalue weighted by Gasteiger charge is -2.51. The van der Waals surface area contributed by atoms with Crippen molar-refractivity contribution >= 4 is 22.6 Å². The van der Waals surface area contributed by atoms with E-state index in [1.165, 1.54) is 0 Å². The number of amides is 1. The number of fused-ring (bicyclic) bond motifs is 4. The van der Waals surface area contributed by atoms with Crippen LogP contribution in [0.5, 0.6) is 0 Å². The first-order chi connectivity index (χ1) is 18.9. The van der Waals surface area contributed by atoms with Crippen molar-refractivity contribution in [2.75, 3.05) is 32.0 Å². The van der Waals surface area contributed by atoms with Crippen LogP contribution in [-0.2, 0) is 4.74 Å². The Hall–Kier alpha value is -3.01. The molecule has 206 valence electrons. The van der Waals surface area contributed by atoms with Crippen LogP contribution < -0.4 is 11.1 Å². The monoisotopic (exact) mass is 530 g/mol. The largest absolute Gasteiger partial charge is 0.390 e. The lowest BCUT2D eigenvalue weighted by atomic mass is 9.63. The number of benzene rings is 1. The van der Waals surface area contributed by atoms with Crippen LogP contribution in [0.2, 0.25) is 0 Å². The molecule has 4 heterocycles. The Morgan fingerprint density at radius 1 is 1.03 bits per heavy atom. The zero-order valence-electron chi connectivity index (χ0n) is 22.4. The quantitative estimate of drug-likeness (QED) is 0.461. The first-order valence-electron chi connectivity index (χ1n) is 14.5. The Labute approximate surface area is 228 Å². The van der Waals surface area contributed by atoms with Gasteiger partial charge < -0.3 is 20.9 Å². The van der Waals surface area contributed by atoms with Gasteiger partial charge in [0.05, 0.1) is 22.7 Å². The molecular formula is C30H38N6O3. The summed E-state index contributed by atoms with van der Waals surface area (Å²) in [6.45, 7) is 3.89. The third-order valence-corrected chi connectivity index (χ3v) is 9.88. The van der Waals surface area contributed by atoms with E-state index in [1.807, 2.05) is 18.2 Å². The zero-order chi connectivity index (χ0) is 26.6. The van der Waals surface area contributed by atoms with Gasteiger partial charge in [0.25, 0.3) is 5.91 Å². The molecule has 2 saturated heterocycles. The average Bonchev–Trinajstić information content (AvgIpc) is 3.62. The third-order valence-electron chi connectivity index (χ3n) is 9.88. The highest BCUT2D eigenvalue weighted by atomic mass is 16.5. The number of nitrogens with zero attached hydrogens (tertiary/aromatic N) is 4. The standard InChI is InChI=1S/C30H38N6O3/c31-27-25(28(37)33-29-6-9-30(38,10-7-29)11-8-29)16-21(17-32-27)20-1-2-26-22(15-20)18-36(34-26)24-3-12-35(19-24)23-4-13-39-14-5-23/h1-2,15-18,23-24,38H,3-14,19H2,(H2,31,32)(H,33,37)/t24-,29?,30?/m0/s1. The Morgan fingerprint density at radius 3 is 2.56 bits per heavy atom. The number of likely N-dealkylation sites (tertiary alicyclic amines) is 1. The maximum atomic E-state index is 13.4. The fraction of sp³-hybridized carbons (Fsp3) is 0.567. The van der Waals surface area contributed by atoms with Gasteiger partial charge in [-0.15, -0.1) is 0 Å². The molecule has 0 spiro atoms. The SMILES string of the molecule is Nc1ncc(-c2ccc3nn([C@H]4CCN(C5CCOCC5)C4)cc3c2)cc1C(=O)NC12CCC(O)(CC1)CC2. The molecule has 0 radical (unpaired) electrons. The van der Waals surface area contributed by atoms with E-state index in [9.17, 15) is 9.90 Å². The van der Waals surface area contributed by atoms with Gasteiger partial charge in [0.15, 0.2) is 0 Å². The number of hydrogen-bond acceptors (Lipinski definition) is 7. The number of aromatic nitrogens is 3. The van der Waals surface area contributed by atoms with E-state index in [0.717, 1.165) is 106 Å². The molecule has 3 saturated carbocycles. The average molecular weight is 531 g/mol. The van der Waals surface area contributed by atoms with Crippen molar-refractivity contribution in [2.45, 2.75) is 81.0 Å². The molecule has 1 amide bonds. The first-order valence-corrected chi connectivity index (χ1v) is 14.5. The predicted molar refractivity (Wildman–Crippen MR) is 149 cm³/mol. The number of aliphatic hydroxyl groups is 1. The number of ether oxygens (including phenoxy) is 1. The van der Waals surface area contributed by atoms with Gasteiger partial charge in [-0.05, 0) is 81.5 Å². The van der Waals surface area contributed by atoms with Crippen LogP contribution in [0.1, 0.15) is 74.2 Å². The Morgan fingerprint density at radius 2 is 1.79 bits per heavy atom. The van der Waals surface area contributed by atoms with Gasteiger partial charge in [0.2, 0.25) is 0 Å². The van der Waals surface area contributed by atoms with E-state index in [-0.39, 0.29) is 17.3 Å². The number of nitrogen functional groups attached to an aromatic ring is 1. The summed E-state index contributed by atoms with van der Waals surface area (Å²) < 4.78 is 7.69. The van der Waals surface area contributed by atoms with Gasteiger partial charge in [-0.3, -0.25) is 14.4 Å². The van der Waals surface area contributed by atoms with Crippen molar-refractivity contribution in [1.82, 2.24) is 25.0 Å². The van der Waals surface area contributed by atoms with Crippen molar-refractivity contribution in [1.29, 1.82) is 0 Å². The number of nitrogens with one attached hydrogen (secondary N) is 1. The van der Waals surface area contributed by atoms with E-state index in [0.29, 0.717) is 17.6 Å². The van der Waals surface area contributed by atoms with Crippen LogP contribution in [0.4, 0.5) is 5.82 Å². The second kappa shape index (κ2) is 9.57. The van der Waals surface area contributed by atoms with Gasteiger partial charge in [-0.1, -0.05) is 6.07 Å². The summed E-state index contributed by atoms with van der Waals surface area (Å²) in [6, 6.07) is 9.08. The number of carbonyl (C=O) groups excluding carboxylic acids is 1. The van der Waals surface area contributed by atoms with Crippen molar-refractivity contribution in [3.8, 4) is 11.1 Å². The molecule has 3 aromatic rings. The highest BCUT2D eigenvalue weighted by Gasteiger charge is 2.48. The van der Waals surface area contributed by atoms with Crippen LogP contribution in [-0.4, -0.2) is 74.2 Å². The Kier molecular flexibility index (Phi) is 6.13. The fourth-order valence-corrected chi connectivity index (χ4v) is 7.25. The van der Waals surface area contributed by atoms with Crippen molar-refractivity contribution < 1.29 is 14.6 Å². The van der Waals surface area contributed by atoms with Crippen molar-refractivity contribution in [3.05, 3.63) is 42.2 Å². The minimum Gasteiger partial charge on any atom is -0.390 e. The Balaban J connectivity index is 1.09. The topological polar surface area (TPSA) is 119 Å². The summed E-state index contributed by atoms with van der Waals surface area (Å²) in [4.78, 5) is 20.4. The van der Waals surface area contributed by atoms with Gasteiger partial charge in [0.1, 0.15) is 5.82 Å². The summed E-state index contributed by atoms with van der Waals surface area (Å²) in [5.41, 5.74) is 8.61. The minimum atomic E-state index is -0.540. The van der Waals surface area contributed by atoms with Crippen molar-refractivity contribution in [3.63, 3.8) is 0 Å². The van der Waals surface area contributed by atoms with Crippen molar-refractivity contribution in [2.24, 2.45) is 0 Å². The number of rotatable bonds is 5. The minimum absolute atomic E-state index is 0.182. The molecule has 3 aliphatic carbocycles. The molecular weight excluding hydrogens is 492 g/mol. The van der Waals surface area contributed by atoms with Crippen LogP contribution in [0, 0.1) is 0 Å². The van der Waals surface area contributed by atoms with E-state index in [4.69, 9.17) is 15.6 Å². The zero-order valence-corrected chi connectivity index (χ0v) is 22.4. The highest BCUT2D eigenvalue weighted by molar-refractivity contribution is 6.00. The Bertz CT molecular complexity index is 1370. The first kappa shape index (κ1) is 25.0. The molecule has 5 aliphatic rings. The number of carbonyl (C=O) groups is 1. The summed E-state index contributed by atoms with van der Waals surface area (Å²) in [6.07, 6.45) is 11.9. The lowest BCUT2D eigenvalue weighted by molar-refractivity contribution is -0.0702. The molecule has 9 heteroatoms. The van der Waals surface area contributed by atoms with Crippen LogP contribution in [0.25, 0.3) is 22.0 Å². The second-order valence-electron chi connectivity index (χ2n) is 12.3. The molecule has 1 atom stereocenters. The van der Waals surface area contributed by atoms with E-state index in [2.05, 4.69) is 32.1 Å².